The lowest BCUT2D eigenvalue weighted by Gasteiger charge is -2.62. The summed E-state index contributed by atoms with van der Waals surface area (Å²) in [6.07, 6.45) is 10.6. The Bertz CT molecular complexity index is 598. The van der Waals surface area contributed by atoms with Crippen LogP contribution in [-0.2, 0) is 14.3 Å². The van der Waals surface area contributed by atoms with E-state index in [-0.39, 0.29) is 23.4 Å². The number of rotatable bonds is 1. The summed E-state index contributed by atoms with van der Waals surface area (Å²) in [5, 5.41) is 0. The van der Waals surface area contributed by atoms with Crippen LogP contribution >= 0.6 is 0 Å². The summed E-state index contributed by atoms with van der Waals surface area (Å²) in [6.45, 7) is 8.49. The fourth-order valence-electron chi connectivity index (χ4n) is 7.84. The van der Waals surface area contributed by atoms with Crippen LogP contribution in [-0.4, -0.2) is 17.9 Å². The van der Waals surface area contributed by atoms with Crippen LogP contribution in [0.5, 0.6) is 0 Å². The van der Waals surface area contributed by atoms with Gasteiger partial charge < -0.3 is 4.74 Å². The zero-order valence-electron chi connectivity index (χ0n) is 17.1. The van der Waals surface area contributed by atoms with Gasteiger partial charge in [0.15, 0.2) is 0 Å². The number of fused-ring (bicyclic) bond motifs is 5. The Morgan fingerprint density at radius 3 is 2.50 bits per heavy atom. The topological polar surface area (TPSA) is 43.4 Å². The van der Waals surface area contributed by atoms with Gasteiger partial charge in [0.25, 0.3) is 0 Å². The molecule has 8 atom stereocenters. The van der Waals surface area contributed by atoms with Crippen LogP contribution in [0.1, 0.15) is 85.5 Å². The first-order chi connectivity index (χ1) is 12.3. The van der Waals surface area contributed by atoms with Gasteiger partial charge in [-0.2, -0.15) is 0 Å². The van der Waals surface area contributed by atoms with Crippen LogP contribution in [0.2, 0.25) is 0 Å². The molecule has 0 aliphatic heterocycles. The SMILES string of the molecule is CC(=O)OC1CCC2(C)C(CCC3C4CCC(C)C(=O)C4(C)CCC32)C1. The molecule has 8 unspecified atom stereocenters. The number of hydrogen-bond acceptors (Lipinski definition) is 3. The zero-order valence-corrected chi connectivity index (χ0v) is 17.1. The fraction of sp³-hybridized carbons (Fsp3) is 0.913. The first kappa shape index (κ1) is 18.5. The van der Waals surface area contributed by atoms with E-state index in [0.29, 0.717) is 23.0 Å². The van der Waals surface area contributed by atoms with E-state index in [2.05, 4.69) is 20.8 Å². The molecule has 0 amide bonds. The molecule has 26 heavy (non-hydrogen) atoms. The Kier molecular flexibility index (Phi) is 4.51. The molecule has 0 heterocycles. The number of Topliss-reactive ketones (excluding diaryl/α,β-unsaturated/α-hetero) is 1. The largest absolute Gasteiger partial charge is 0.463 e. The van der Waals surface area contributed by atoms with Gasteiger partial charge in [0, 0.05) is 18.3 Å². The summed E-state index contributed by atoms with van der Waals surface area (Å²) in [5.41, 5.74) is 0.323. The van der Waals surface area contributed by atoms with Crippen molar-refractivity contribution < 1.29 is 14.3 Å². The maximum absolute atomic E-state index is 13.0. The van der Waals surface area contributed by atoms with E-state index in [1.807, 2.05) is 0 Å². The molecule has 0 spiro atoms. The van der Waals surface area contributed by atoms with Gasteiger partial charge in [-0.3, -0.25) is 9.59 Å². The highest BCUT2D eigenvalue weighted by Crippen LogP contribution is 2.65. The van der Waals surface area contributed by atoms with Crippen molar-refractivity contribution in [2.24, 2.45) is 40.4 Å². The smallest absolute Gasteiger partial charge is 0.302 e. The summed E-state index contributed by atoms with van der Waals surface area (Å²) in [7, 11) is 0. The van der Waals surface area contributed by atoms with Crippen molar-refractivity contribution in [1.29, 1.82) is 0 Å². The van der Waals surface area contributed by atoms with Crippen LogP contribution in [0.15, 0.2) is 0 Å². The summed E-state index contributed by atoms with van der Waals surface area (Å²) < 4.78 is 5.57. The van der Waals surface area contributed by atoms with Crippen LogP contribution in [0.25, 0.3) is 0 Å². The van der Waals surface area contributed by atoms with Crippen molar-refractivity contribution in [3.8, 4) is 0 Å². The molecule has 4 rings (SSSR count). The van der Waals surface area contributed by atoms with Crippen LogP contribution in [0.3, 0.4) is 0 Å². The van der Waals surface area contributed by atoms with Crippen molar-refractivity contribution in [2.75, 3.05) is 0 Å². The summed E-state index contributed by atoms with van der Waals surface area (Å²) >= 11 is 0. The first-order valence-corrected chi connectivity index (χ1v) is 11.0. The molecule has 4 fully saturated rings. The minimum atomic E-state index is -0.129. The van der Waals surface area contributed by atoms with E-state index < -0.39 is 0 Å². The highest BCUT2D eigenvalue weighted by atomic mass is 16.5. The first-order valence-electron chi connectivity index (χ1n) is 11.0. The lowest BCUT2D eigenvalue weighted by molar-refractivity contribution is -0.168. The third-order valence-electron chi connectivity index (χ3n) is 9.26. The van der Waals surface area contributed by atoms with Crippen molar-refractivity contribution in [1.82, 2.24) is 0 Å². The molecule has 3 nitrogen and oxygen atoms in total. The van der Waals surface area contributed by atoms with Crippen molar-refractivity contribution in [2.45, 2.75) is 91.6 Å². The lowest BCUT2D eigenvalue weighted by Crippen LogP contribution is -2.57. The molecule has 146 valence electrons. The molecule has 0 bridgehead atoms. The van der Waals surface area contributed by atoms with Gasteiger partial charge in [0.1, 0.15) is 11.9 Å². The zero-order chi connectivity index (χ0) is 18.7. The van der Waals surface area contributed by atoms with E-state index in [9.17, 15) is 9.59 Å². The lowest BCUT2D eigenvalue weighted by atomic mass is 9.42. The molecule has 0 aromatic rings. The predicted octanol–water partition coefficient (Wildman–Crippen LogP) is 5.17. The molecule has 4 aliphatic carbocycles. The molecule has 0 radical (unpaired) electrons. The normalized spacial score (nSPS) is 51.0. The van der Waals surface area contributed by atoms with Gasteiger partial charge in [-0.05, 0) is 86.9 Å². The van der Waals surface area contributed by atoms with Gasteiger partial charge >= 0.3 is 5.97 Å². The minimum Gasteiger partial charge on any atom is -0.463 e. The van der Waals surface area contributed by atoms with E-state index in [1.165, 1.54) is 39.0 Å². The van der Waals surface area contributed by atoms with E-state index in [4.69, 9.17) is 4.74 Å². The number of carbonyl (C=O) groups excluding carboxylic acids is 2. The molecule has 0 aromatic carbocycles. The van der Waals surface area contributed by atoms with Gasteiger partial charge in [-0.15, -0.1) is 0 Å². The maximum atomic E-state index is 13.0. The van der Waals surface area contributed by atoms with Crippen LogP contribution < -0.4 is 0 Å². The summed E-state index contributed by atoms with van der Waals surface area (Å²) in [5.74, 6) is 3.47. The minimum absolute atomic E-state index is 0.0586. The molecule has 4 aliphatic rings. The molecule has 0 N–H and O–H groups in total. The third kappa shape index (κ3) is 2.67. The average Bonchev–Trinajstić information content (AvgIpc) is 2.58. The number of ether oxygens (including phenoxy) is 1. The Hall–Kier alpha value is -0.860. The maximum Gasteiger partial charge on any atom is 0.302 e. The quantitative estimate of drug-likeness (QED) is 0.606. The Balaban J connectivity index is 1.55. The standard InChI is InChI=1S/C23H36O3/c1-14-5-8-19-18-7-6-16-13-17(26-15(2)24)9-11-22(16,3)20(18)10-12-23(19,4)21(14)25/h14,16-20H,5-13H2,1-4H3. The van der Waals surface area contributed by atoms with Crippen molar-refractivity contribution >= 4 is 11.8 Å². The number of carbonyl (C=O) groups is 2. The van der Waals surface area contributed by atoms with Crippen LogP contribution in [0.4, 0.5) is 0 Å². The second kappa shape index (κ2) is 6.34. The predicted molar refractivity (Wildman–Crippen MR) is 101 cm³/mol. The molecular formula is C23H36O3. The summed E-state index contributed by atoms with van der Waals surface area (Å²) in [6, 6.07) is 0. The average molecular weight is 361 g/mol. The summed E-state index contributed by atoms with van der Waals surface area (Å²) in [4.78, 5) is 24.4. The molecule has 0 aromatic heterocycles. The number of esters is 1. The van der Waals surface area contributed by atoms with Gasteiger partial charge in [-0.1, -0.05) is 20.8 Å². The van der Waals surface area contributed by atoms with Gasteiger partial charge in [0.2, 0.25) is 0 Å². The highest BCUT2D eigenvalue weighted by molar-refractivity contribution is 5.87. The Morgan fingerprint density at radius 2 is 1.77 bits per heavy atom. The van der Waals surface area contributed by atoms with Crippen LogP contribution in [0, 0.1) is 40.4 Å². The molecule has 0 saturated heterocycles. The van der Waals surface area contributed by atoms with E-state index in [0.717, 1.165) is 37.5 Å². The molecular weight excluding hydrogens is 324 g/mol. The fourth-order valence-corrected chi connectivity index (χ4v) is 7.84. The molecule has 4 saturated carbocycles. The second-order valence-electron chi connectivity index (χ2n) is 10.5. The second-order valence-corrected chi connectivity index (χ2v) is 10.5. The van der Waals surface area contributed by atoms with Crippen molar-refractivity contribution in [3.05, 3.63) is 0 Å². The monoisotopic (exact) mass is 360 g/mol. The highest BCUT2D eigenvalue weighted by Gasteiger charge is 2.60. The van der Waals surface area contributed by atoms with E-state index >= 15 is 0 Å². The third-order valence-corrected chi connectivity index (χ3v) is 9.26. The number of ketones is 1. The molecule has 3 heteroatoms. The van der Waals surface area contributed by atoms with E-state index in [1.54, 1.807) is 0 Å². The number of hydrogen-bond donors (Lipinski definition) is 0. The van der Waals surface area contributed by atoms with Gasteiger partial charge in [-0.25, -0.2) is 0 Å². The van der Waals surface area contributed by atoms with Gasteiger partial charge in [0.05, 0.1) is 0 Å². The Morgan fingerprint density at radius 1 is 1.00 bits per heavy atom. The van der Waals surface area contributed by atoms with Crippen molar-refractivity contribution in [3.63, 3.8) is 0 Å². The Labute approximate surface area is 158 Å².